The number of hydrogen-bond donors (Lipinski definition) is 1. The van der Waals surface area contributed by atoms with E-state index in [4.69, 9.17) is 5.14 Å². The highest BCUT2D eigenvalue weighted by molar-refractivity contribution is 7.89. The third-order valence-electron chi connectivity index (χ3n) is 2.29. The van der Waals surface area contributed by atoms with Crippen LogP contribution in [0.2, 0.25) is 0 Å². The molecule has 17 heavy (non-hydrogen) atoms. The number of nitrogens with two attached hydrogens (primary N) is 1. The molecule has 0 fully saturated rings. The predicted octanol–water partition coefficient (Wildman–Crippen LogP) is -0.552. The molecule has 0 saturated carbocycles. The maximum Gasteiger partial charge on any atom is 0.273 e. The van der Waals surface area contributed by atoms with Crippen molar-refractivity contribution in [3.05, 3.63) is 35.9 Å². The highest BCUT2D eigenvalue weighted by atomic mass is 32.2. The van der Waals surface area contributed by atoms with Crippen molar-refractivity contribution in [2.45, 2.75) is 11.6 Å². The van der Waals surface area contributed by atoms with Crippen LogP contribution < -0.4 is 5.14 Å². The van der Waals surface area contributed by atoms with Gasteiger partial charge in [-0.25, -0.2) is 13.6 Å². The van der Waals surface area contributed by atoms with Crippen molar-refractivity contribution in [3.63, 3.8) is 0 Å². The summed E-state index contributed by atoms with van der Waals surface area (Å²) in [6.07, 6.45) is 3.79. The molecule has 8 heteroatoms. The summed E-state index contributed by atoms with van der Waals surface area (Å²) in [4.78, 5) is 3.90. The zero-order valence-electron chi connectivity index (χ0n) is 9.11. The first-order valence-corrected chi connectivity index (χ1v) is 6.33. The summed E-state index contributed by atoms with van der Waals surface area (Å²) in [6.45, 7) is 0. The molecule has 0 aliphatic carbocycles. The largest absolute Gasteiger partial charge is 0.304 e. The Morgan fingerprint density at radius 1 is 1.29 bits per heavy atom. The van der Waals surface area contributed by atoms with Crippen molar-refractivity contribution >= 4 is 10.0 Å². The van der Waals surface area contributed by atoms with E-state index in [0.717, 1.165) is 5.56 Å². The minimum absolute atomic E-state index is 0.235. The molecule has 0 unspecified atom stereocenters. The third-order valence-corrected chi connectivity index (χ3v) is 3.16. The minimum Gasteiger partial charge on any atom is -0.304 e. The summed E-state index contributed by atoms with van der Waals surface area (Å²) >= 11 is 0. The molecule has 7 nitrogen and oxygen atoms in total. The van der Waals surface area contributed by atoms with E-state index < -0.39 is 10.0 Å². The van der Waals surface area contributed by atoms with Crippen LogP contribution >= 0.6 is 0 Å². The van der Waals surface area contributed by atoms with Gasteiger partial charge in [0, 0.05) is 25.9 Å². The van der Waals surface area contributed by atoms with E-state index in [1.807, 2.05) is 12.1 Å². The normalized spacial score (nSPS) is 11.6. The highest BCUT2D eigenvalue weighted by Crippen LogP contribution is 2.09. The van der Waals surface area contributed by atoms with Crippen LogP contribution in [0.5, 0.6) is 0 Å². The fourth-order valence-corrected chi connectivity index (χ4v) is 2.07. The molecular weight excluding hydrogens is 242 g/mol. The Morgan fingerprint density at radius 3 is 2.47 bits per heavy atom. The molecule has 2 aromatic heterocycles. The third kappa shape index (κ3) is 2.48. The molecular formula is C9H11N5O2S. The first-order chi connectivity index (χ1) is 7.98. The van der Waals surface area contributed by atoms with Gasteiger partial charge in [-0.2, -0.15) is 0 Å². The summed E-state index contributed by atoms with van der Waals surface area (Å²) in [6, 6.07) is 3.65. The molecule has 2 heterocycles. The Hall–Kier alpha value is -1.80. The molecule has 90 valence electrons. The van der Waals surface area contributed by atoms with E-state index in [-0.39, 0.29) is 5.16 Å². The van der Waals surface area contributed by atoms with Crippen LogP contribution in [0.4, 0.5) is 0 Å². The molecule has 2 aromatic rings. The highest BCUT2D eigenvalue weighted by Gasteiger charge is 2.18. The Balaban J connectivity index is 2.34. The standard InChI is InChI=1S/C9H11N5O2S/c1-14-8(6-7-2-4-11-5-3-7)12-13-9(14)17(10,15)16/h2-5H,6H2,1H3,(H2,10,15,16). The predicted molar refractivity (Wildman–Crippen MR) is 59.4 cm³/mol. The lowest BCUT2D eigenvalue weighted by Gasteiger charge is -2.02. The van der Waals surface area contributed by atoms with E-state index in [0.29, 0.717) is 12.2 Å². The fraction of sp³-hybridized carbons (Fsp3) is 0.222. The van der Waals surface area contributed by atoms with Gasteiger partial charge >= 0.3 is 0 Å². The number of sulfonamides is 1. The average Bonchev–Trinajstić information content (AvgIpc) is 2.61. The maximum absolute atomic E-state index is 11.2. The summed E-state index contributed by atoms with van der Waals surface area (Å²) < 4.78 is 23.7. The van der Waals surface area contributed by atoms with E-state index in [9.17, 15) is 8.42 Å². The molecule has 0 aromatic carbocycles. The minimum atomic E-state index is -3.83. The van der Waals surface area contributed by atoms with E-state index in [1.54, 1.807) is 19.4 Å². The van der Waals surface area contributed by atoms with Gasteiger partial charge in [-0.3, -0.25) is 4.98 Å². The van der Waals surface area contributed by atoms with Gasteiger partial charge in [0.1, 0.15) is 5.82 Å². The lowest BCUT2D eigenvalue weighted by Crippen LogP contribution is -2.17. The summed E-state index contributed by atoms with van der Waals surface area (Å²) in [5, 5.41) is 12.1. The second-order valence-corrected chi connectivity index (χ2v) is 4.99. The maximum atomic E-state index is 11.2. The number of hydrogen-bond acceptors (Lipinski definition) is 5. The Labute approximate surface area is 98.4 Å². The monoisotopic (exact) mass is 253 g/mol. The SMILES string of the molecule is Cn1c(Cc2ccncc2)nnc1S(N)(=O)=O. The summed E-state index contributed by atoms with van der Waals surface area (Å²) in [5.41, 5.74) is 0.969. The molecule has 0 aliphatic heterocycles. The van der Waals surface area contributed by atoms with Gasteiger partial charge in [-0.15, -0.1) is 10.2 Å². The van der Waals surface area contributed by atoms with E-state index in [1.165, 1.54) is 4.57 Å². The van der Waals surface area contributed by atoms with Crippen LogP contribution in [-0.2, 0) is 23.5 Å². The Morgan fingerprint density at radius 2 is 1.94 bits per heavy atom. The first kappa shape index (κ1) is 11.7. The van der Waals surface area contributed by atoms with Gasteiger partial charge in [0.15, 0.2) is 0 Å². The quantitative estimate of drug-likeness (QED) is 0.790. The van der Waals surface area contributed by atoms with Crippen LogP contribution in [0.25, 0.3) is 0 Å². The summed E-state index contributed by atoms with van der Waals surface area (Å²) in [7, 11) is -2.26. The van der Waals surface area contributed by atoms with Crippen molar-refractivity contribution in [3.8, 4) is 0 Å². The van der Waals surface area contributed by atoms with Crippen molar-refractivity contribution in [2.75, 3.05) is 0 Å². The first-order valence-electron chi connectivity index (χ1n) is 4.78. The lowest BCUT2D eigenvalue weighted by molar-refractivity contribution is 0.578. The zero-order valence-corrected chi connectivity index (χ0v) is 9.92. The van der Waals surface area contributed by atoms with Crippen LogP contribution in [0.3, 0.4) is 0 Å². The van der Waals surface area contributed by atoms with Crippen molar-refractivity contribution in [1.29, 1.82) is 0 Å². The van der Waals surface area contributed by atoms with Crippen molar-refractivity contribution < 1.29 is 8.42 Å². The van der Waals surface area contributed by atoms with Gasteiger partial charge in [-0.05, 0) is 17.7 Å². The molecule has 0 radical (unpaired) electrons. The molecule has 2 N–H and O–H groups in total. The number of pyridine rings is 1. The van der Waals surface area contributed by atoms with E-state index in [2.05, 4.69) is 15.2 Å². The van der Waals surface area contributed by atoms with Crippen LogP contribution in [0.1, 0.15) is 11.4 Å². The van der Waals surface area contributed by atoms with Crippen molar-refractivity contribution in [2.24, 2.45) is 12.2 Å². The molecule has 2 rings (SSSR count). The van der Waals surface area contributed by atoms with Crippen molar-refractivity contribution in [1.82, 2.24) is 19.7 Å². The number of primary sulfonamides is 1. The van der Waals surface area contributed by atoms with Gasteiger partial charge in [0.2, 0.25) is 0 Å². The van der Waals surface area contributed by atoms with Gasteiger partial charge < -0.3 is 4.57 Å². The number of rotatable bonds is 3. The van der Waals surface area contributed by atoms with Gasteiger partial charge in [-0.1, -0.05) is 0 Å². The molecule has 0 bridgehead atoms. The summed E-state index contributed by atoms with van der Waals surface area (Å²) in [5.74, 6) is 0.528. The van der Waals surface area contributed by atoms with Gasteiger partial charge in [0.05, 0.1) is 0 Å². The lowest BCUT2D eigenvalue weighted by atomic mass is 10.2. The van der Waals surface area contributed by atoms with E-state index >= 15 is 0 Å². The molecule has 0 atom stereocenters. The molecule has 0 amide bonds. The van der Waals surface area contributed by atoms with Crippen LogP contribution in [0.15, 0.2) is 29.7 Å². The smallest absolute Gasteiger partial charge is 0.273 e. The number of nitrogens with zero attached hydrogens (tertiary/aromatic N) is 4. The second-order valence-electron chi connectivity index (χ2n) is 3.54. The molecule has 0 saturated heterocycles. The van der Waals surface area contributed by atoms with Crippen LogP contribution in [0, 0.1) is 0 Å². The van der Waals surface area contributed by atoms with Crippen LogP contribution in [-0.4, -0.2) is 28.2 Å². The topological polar surface area (TPSA) is 104 Å². The molecule has 0 spiro atoms. The number of aromatic nitrogens is 4. The fourth-order valence-electron chi connectivity index (χ4n) is 1.43. The average molecular weight is 253 g/mol. The van der Waals surface area contributed by atoms with Gasteiger partial charge in [0.25, 0.3) is 15.2 Å². The Kier molecular flexibility index (Phi) is 2.90. The second kappa shape index (κ2) is 4.22. The Bertz CT molecular complexity index is 620. The molecule has 0 aliphatic rings. The zero-order chi connectivity index (χ0) is 12.5.